The minimum absolute atomic E-state index is 0.198. The Bertz CT molecular complexity index is 713. The Morgan fingerprint density at radius 3 is 2.86 bits per heavy atom. The van der Waals surface area contributed by atoms with Crippen LogP contribution in [0.15, 0.2) is 66.3 Å². The van der Waals surface area contributed by atoms with E-state index in [9.17, 15) is 10.0 Å². The number of ether oxygens (including phenoxy) is 1. The average molecular weight is 295 g/mol. The Morgan fingerprint density at radius 2 is 2.14 bits per heavy atom. The van der Waals surface area contributed by atoms with E-state index in [0.717, 1.165) is 15.9 Å². The number of carbonyl (C=O) groups is 1. The zero-order chi connectivity index (χ0) is 15.6. The third-order valence-electron chi connectivity index (χ3n) is 3.88. The van der Waals surface area contributed by atoms with E-state index >= 15 is 0 Å². The molecule has 4 heteroatoms. The fourth-order valence-corrected chi connectivity index (χ4v) is 2.76. The third-order valence-corrected chi connectivity index (χ3v) is 3.88. The third kappa shape index (κ3) is 2.42. The van der Waals surface area contributed by atoms with Crippen LogP contribution < -0.4 is 0 Å². The van der Waals surface area contributed by atoms with E-state index in [4.69, 9.17) is 4.74 Å². The normalized spacial score (nSPS) is 23.2. The highest BCUT2D eigenvalue weighted by Gasteiger charge is 2.48. The lowest BCUT2D eigenvalue weighted by Gasteiger charge is -2.32. The number of nitrogens with zero attached hydrogens (tertiary/aromatic N) is 1. The van der Waals surface area contributed by atoms with Gasteiger partial charge in [0.15, 0.2) is 12.3 Å². The van der Waals surface area contributed by atoms with Crippen LogP contribution in [0.3, 0.4) is 0 Å². The maximum atomic E-state index is 12.3. The van der Waals surface area contributed by atoms with Crippen LogP contribution in [-0.4, -0.2) is 28.4 Å². The van der Waals surface area contributed by atoms with Gasteiger partial charge in [-0.05, 0) is 36.8 Å². The molecule has 1 aliphatic carbocycles. The van der Waals surface area contributed by atoms with Gasteiger partial charge in [-0.2, -0.15) is 0 Å². The Kier molecular flexibility index (Phi) is 3.77. The molecule has 1 atom stereocenters. The summed E-state index contributed by atoms with van der Waals surface area (Å²) in [5.74, 6) is -0.198. The standard InChI is InChI=1S/C18H17NO3/c1-14(20)18(22-13-15-7-3-2-4-8-15)11-5-9-16-10-6-12-19(21)17(16)18/h2-11H,12-13H2,1H3. The van der Waals surface area contributed by atoms with Gasteiger partial charge in [0.25, 0.3) is 0 Å². The quantitative estimate of drug-likeness (QED) is 0.633. The smallest absolute Gasteiger partial charge is 0.238 e. The predicted molar refractivity (Wildman–Crippen MR) is 84.5 cm³/mol. The monoisotopic (exact) mass is 295 g/mol. The van der Waals surface area contributed by atoms with E-state index in [-0.39, 0.29) is 18.9 Å². The van der Waals surface area contributed by atoms with Crippen LogP contribution in [0, 0.1) is 5.21 Å². The van der Waals surface area contributed by atoms with Crippen molar-refractivity contribution in [3.8, 4) is 0 Å². The summed E-state index contributed by atoms with van der Waals surface area (Å²) in [6, 6.07) is 9.61. The lowest BCUT2D eigenvalue weighted by Crippen LogP contribution is -2.51. The summed E-state index contributed by atoms with van der Waals surface area (Å²) in [5.41, 5.74) is 0.747. The first kappa shape index (κ1) is 14.5. The number of hydrogen-bond donors (Lipinski definition) is 0. The first-order valence-corrected chi connectivity index (χ1v) is 7.21. The van der Waals surface area contributed by atoms with Crippen LogP contribution in [0.25, 0.3) is 0 Å². The molecule has 0 saturated carbocycles. The summed E-state index contributed by atoms with van der Waals surface area (Å²) in [5, 5.41) is 12.3. The number of benzene rings is 1. The molecular formula is C18H17NO3. The minimum Gasteiger partial charge on any atom is -0.623 e. The number of rotatable bonds is 4. The van der Waals surface area contributed by atoms with E-state index < -0.39 is 5.60 Å². The molecule has 0 radical (unpaired) electrons. The van der Waals surface area contributed by atoms with Crippen LogP contribution >= 0.6 is 0 Å². The number of hydrogen-bond acceptors (Lipinski definition) is 3. The van der Waals surface area contributed by atoms with Gasteiger partial charge in [0.1, 0.15) is 0 Å². The van der Waals surface area contributed by atoms with Gasteiger partial charge in [-0.3, -0.25) is 4.79 Å². The summed E-state index contributed by atoms with van der Waals surface area (Å²) in [7, 11) is 0. The first-order valence-electron chi connectivity index (χ1n) is 7.21. The fraction of sp³-hybridized carbons (Fsp3) is 0.222. The van der Waals surface area contributed by atoms with Gasteiger partial charge < -0.3 is 9.94 Å². The number of Topliss-reactive ketones (excluding diaryl/α,β-unsaturated/α-hetero) is 1. The molecule has 1 aromatic rings. The molecule has 0 N–H and O–H groups in total. The predicted octanol–water partition coefficient (Wildman–Crippen LogP) is 2.55. The number of carbonyl (C=O) groups excluding carboxylic acids is 1. The Balaban J connectivity index is 1.97. The molecule has 1 aliphatic heterocycles. The Labute approximate surface area is 129 Å². The molecule has 22 heavy (non-hydrogen) atoms. The SMILES string of the molecule is CC(=O)C1(OCc2ccccc2)C=CC=C2C=CC[N+]([O-])=C21. The lowest BCUT2D eigenvalue weighted by molar-refractivity contribution is -0.450. The van der Waals surface area contributed by atoms with E-state index in [2.05, 4.69) is 0 Å². The summed E-state index contributed by atoms with van der Waals surface area (Å²) in [6.07, 6.45) is 8.90. The maximum Gasteiger partial charge on any atom is 0.238 e. The summed E-state index contributed by atoms with van der Waals surface area (Å²) in [4.78, 5) is 12.3. The van der Waals surface area contributed by atoms with Gasteiger partial charge in [0.2, 0.25) is 11.3 Å². The van der Waals surface area contributed by atoms with Crippen LogP contribution in [0.1, 0.15) is 12.5 Å². The van der Waals surface area contributed by atoms with Crippen LogP contribution in [0.4, 0.5) is 0 Å². The molecule has 1 heterocycles. The molecule has 0 amide bonds. The molecule has 0 aromatic heterocycles. The molecule has 4 nitrogen and oxygen atoms in total. The van der Waals surface area contributed by atoms with Crippen molar-refractivity contribution in [1.29, 1.82) is 0 Å². The molecule has 0 spiro atoms. The second-order valence-corrected chi connectivity index (χ2v) is 5.36. The summed E-state index contributed by atoms with van der Waals surface area (Å²) in [6.45, 7) is 1.95. The molecule has 1 unspecified atom stereocenters. The lowest BCUT2D eigenvalue weighted by atomic mass is 9.83. The molecule has 2 aliphatic rings. The molecule has 3 rings (SSSR count). The number of ketones is 1. The average Bonchev–Trinajstić information content (AvgIpc) is 2.54. The molecular weight excluding hydrogens is 278 g/mol. The summed E-state index contributed by atoms with van der Waals surface area (Å²) >= 11 is 0. The van der Waals surface area contributed by atoms with Crippen molar-refractivity contribution in [3.05, 3.63) is 77.1 Å². The van der Waals surface area contributed by atoms with E-state index in [1.807, 2.05) is 42.5 Å². The van der Waals surface area contributed by atoms with Crippen molar-refractivity contribution >= 4 is 11.5 Å². The van der Waals surface area contributed by atoms with Gasteiger partial charge in [0, 0.05) is 5.57 Å². The molecule has 112 valence electrons. The molecule has 0 bridgehead atoms. The first-order chi connectivity index (χ1) is 10.6. The van der Waals surface area contributed by atoms with Gasteiger partial charge >= 0.3 is 0 Å². The van der Waals surface area contributed by atoms with Crippen molar-refractivity contribution in [1.82, 2.24) is 0 Å². The highest BCUT2D eigenvalue weighted by Crippen LogP contribution is 2.29. The summed E-state index contributed by atoms with van der Waals surface area (Å²) < 4.78 is 6.80. The van der Waals surface area contributed by atoms with Gasteiger partial charge in [-0.25, -0.2) is 4.74 Å². The van der Waals surface area contributed by atoms with Gasteiger partial charge in [0.05, 0.1) is 6.61 Å². The highest BCUT2D eigenvalue weighted by atomic mass is 16.5. The van der Waals surface area contributed by atoms with Crippen molar-refractivity contribution in [2.75, 3.05) is 6.54 Å². The van der Waals surface area contributed by atoms with Crippen LogP contribution in [-0.2, 0) is 16.1 Å². The number of hydroxylamine groups is 1. The van der Waals surface area contributed by atoms with Crippen molar-refractivity contribution in [3.63, 3.8) is 0 Å². The molecule has 0 fully saturated rings. The van der Waals surface area contributed by atoms with Crippen molar-refractivity contribution < 1.29 is 14.3 Å². The number of allylic oxidation sites excluding steroid dienone is 3. The minimum atomic E-state index is -1.31. The van der Waals surface area contributed by atoms with Crippen molar-refractivity contribution in [2.24, 2.45) is 0 Å². The van der Waals surface area contributed by atoms with E-state index in [1.165, 1.54) is 6.92 Å². The van der Waals surface area contributed by atoms with Gasteiger partial charge in [-0.15, -0.1) is 0 Å². The Morgan fingerprint density at radius 1 is 1.36 bits per heavy atom. The number of fused-ring (bicyclic) bond motifs is 1. The largest absolute Gasteiger partial charge is 0.623 e. The zero-order valence-corrected chi connectivity index (χ0v) is 12.4. The second-order valence-electron chi connectivity index (χ2n) is 5.36. The van der Waals surface area contributed by atoms with Crippen LogP contribution in [0.2, 0.25) is 0 Å². The maximum absolute atomic E-state index is 12.3. The Hall–Kier alpha value is -2.46. The van der Waals surface area contributed by atoms with E-state index in [0.29, 0.717) is 5.71 Å². The second kappa shape index (κ2) is 5.73. The molecule has 0 saturated heterocycles. The van der Waals surface area contributed by atoms with Crippen LogP contribution in [0.5, 0.6) is 0 Å². The topological polar surface area (TPSA) is 52.4 Å². The molecule has 1 aromatic carbocycles. The highest BCUT2D eigenvalue weighted by molar-refractivity contribution is 6.21. The fourth-order valence-electron chi connectivity index (χ4n) is 2.76. The zero-order valence-electron chi connectivity index (χ0n) is 12.4. The van der Waals surface area contributed by atoms with Gasteiger partial charge in [-0.1, -0.05) is 36.4 Å². The van der Waals surface area contributed by atoms with E-state index in [1.54, 1.807) is 18.2 Å². The van der Waals surface area contributed by atoms with Crippen molar-refractivity contribution in [2.45, 2.75) is 19.1 Å².